The quantitative estimate of drug-likeness (QED) is 0.252. The zero-order valence-corrected chi connectivity index (χ0v) is 21.4. The zero-order chi connectivity index (χ0) is 22.2. The number of likely N-dealkylation sites (tertiary alicyclic amines) is 1. The highest BCUT2D eigenvalue weighted by Gasteiger charge is 2.29. The summed E-state index contributed by atoms with van der Waals surface area (Å²) in [6, 6.07) is 20.7. The van der Waals surface area contributed by atoms with Crippen LogP contribution in [-0.2, 0) is 17.6 Å². The Morgan fingerprint density at radius 3 is 2.70 bits per heavy atom. The lowest BCUT2D eigenvalue weighted by molar-refractivity contribution is -0.127. The number of carbonyl (C=O) groups excluding carboxylic acids is 1. The maximum atomic E-state index is 12.4. The third kappa shape index (κ3) is 6.90. The minimum Gasteiger partial charge on any atom is -0.356 e. The van der Waals surface area contributed by atoms with Gasteiger partial charge >= 0.3 is 0 Å². The van der Waals surface area contributed by atoms with Crippen LogP contribution in [0.5, 0.6) is 0 Å². The van der Waals surface area contributed by atoms with Gasteiger partial charge in [0.1, 0.15) is 0 Å². The topological polar surface area (TPSA) is 69.6 Å². The molecule has 1 aliphatic rings. The van der Waals surface area contributed by atoms with Crippen LogP contribution in [0.1, 0.15) is 17.5 Å². The first-order valence-corrected chi connectivity index (χ1v) is 11.3. The summed E-state index contributed by atoms with van der Waals surface area (Å²) in [5, 5.41) is 7.94. The molecule has 0 aliphatic carbocycles. The van der Waals surface area contributed by atoms with Gasteiger partial charge in [0, 0.05) is 57.1 Å². The van der Waals surface area contributed by atoms with Crippen LogP contribution in [0.2, 0.25) is 0 Å². The Bertz CT molecular complexity index is 1070. The van der Waals surface area contributed by atoms with E-state index < -0.39 is 0 Å². The molecule has 2 N–H and O–H groups in total. The lowest BCUT2D eigenvalue weighted by Gasteiger charge is -2.18. The number of nitrogens with one attached hydrogen (secondary N) is 2. The Balaban J connectivity index is 0.00000306. The van der Waals surface area contributed by atoms with Gasteiger partial charge in [0.25, 0.3) is 0 Å². The van der Waals surface area contributed by atoms with Crippen molar-refractivity contribution in [2.24, 2.45) is 10.9 Å². The number of pyridine rings is 1. The number of benzene rings is 2. The number of fused-ring (bicyclic) bond motifs is 1. The molecule has 0 saturated carbocycles. The van der Waals surface area contributed by atoms with E-state index in [1.165, 1.54) is 11.1 Å². The maximum Gasteiger partial charge on any atom is 0.223 e. The molecular formula is C26H32IN5O. The third-order valence-electron chi connectivity index (χ3n) is 5.99. The summed E-state index contributed by atoms with van der Waals surface area (Å²) in [5.74, 6) is 1.33. The summed E-state index contributed by atoms with van der Waals surface area (Å²) in [7, 11) is 1.78. The lowest BCUT2D eigenvalue weighted by Crippen LogP contribution is -2.41. The number of nitrogens with zero attached hydrogens (tertiary/aromatic N) is 3. The number of rotatable bonds is 8. The van der Waals surface area contributed by atoms with E-state index in [1.807, 2.05) is 35.4 Å². The number of guanidine groups is 1. The molecule has 0 bridgehead atoms. The number of amides is 1. The van der Waals surface area contributed by atoms with Crippen LogP contribution in [0.4, 0.5) is 0 Å². The van der Waals surface area contributed by atoms with E-state index in [9.17, 15) is 4.79 Å². The Morgan fingerprint density at radius 1 is 1.06 bits per heavy atom. The smallest absolute Gasteiger partial charge is 0.223 e. The van der Waals surface area contributed by atoms with Crippen molar-refractivity contribution in [1.29, 1.82) is 0 Å². The number of hydrogen-bond donors (Lipinski definition) is 2. The number of aliphatic imine (C=N–C) groups is 1. The average Bonchev–Trinajstić information content (AvgIpc) is 3.20. The van der Waals surface area contributed by atoms with Crippen molar-refractivity contribution in [2.75, 3.05) is 33.2 Å². The fraction of sp³-hybridized carbons (Fsp3) is 0.346. The third-order valence-corrected chi connectivity index (χ3v) is 5.99. The van der Waals surface area contributed by atoms with Gasteiger partial charge in [-0.15, -0.1) is 24.0 Å². The molecule has 4 rings (SSSR count). The van der Waals surface area contributed by atoms with Crippen LogP contribution in [0.3, 0.4) is 0 Å². The summed E-state index contributed by atoms with van der Waals surface area (Å²) in [5.41, 5.74) is 3.55. The molecule has 0 radical (unpaired) electrons. The van der Waals surface area contributed by atoms with Crippen molar-refractivity contribution < 1.29 is 4.79 Å². The fourth-order valence-corrected chi connectivity index (χ4v) is 4.26. The molecule has 1 fully saturated rings. The predicted octanol–water partition coefficient (Wildman–Crippen LogP) is 3.65. The molecule has 2 aromatic carbocycles. The first-order valence-electron chi connectivity index (χ1n) is 11.3. The monoisotopic (exact) mass is 557 g/mol. The molecule has 1 unspecified atom stereocenters. The highest BCUT2D eigenvalue weighted by molar-refractivity contribution is 14.0. The fourth-order valence-electron chi connectivity index (χ4n) is 4.26. The minimum atomic E-state index is 0. The van der Waals surface area contributed by atoms with Gasteiger partial charge in [-0.25, -0.2) is 0 Å². The Labute approximate surface area is 212 Å². The predicted molar refractivity (Wildman–Crippen MR) is 145 cm³/mol. The van der Waals surface area contributed by atoms with Crippen LogP contribution in [0, 0.1) is 5.92 Å². The van der Waals surface area contributed by atoms with Crippen LogP contribution < -0.4 is 10.6 Å². The summed E-state index contributed by atoms with van der Waals surface area (Å²) < 4.78 is 0. The van der Waals surface area contributed by atoms with E-state index in [-0.39, 0.29) is 29.9 Å². The Hall–Kier alpha value is -2.68. The lowest BCUT2D eigenvalue weighted by atomic mass is 10.1. The van der Waals surface area contributed by atoms with Crippen molar-refractivity contribution >= 4 is 46.7 Å². The van der Waals surface area contributed by atoms with E-state index in [0.29, 0.717) is 12.3 Å². The molecule has 33 heavy (non-hydrogen) atoms. The van der Waals surface area contributed by atoms with Gasteiger partial charge in [-0.2, -0.15) is 0 Å². The van der Waals surface area contributed by atoms with E-state index >= 15 is 0 Å². The summed E-state index contributed by atoms with van der Waals surface area (Å²) in [4.78, 5) is 23.3. The molecule has 1 aromatic heterocycles. The second-order valence-corrected chi connectivity index (χ2v) is 8.27. The highest BCUT2D eigenvalue weighted by atomic mass is 127. The number of halogens is 1. The van der Waals surface area contributed by atoms with Crippen LogP contribution in [0.15, 0.2) is 71.9 Å². The van der Waals surface area contributed by atoms with Gasteiger partial charge in [0.15, 0.2) is 5.96 Å². The molecule has 1 saturated heterocycles. The molecule has 3 aromatic rings. The van der Waals surface area contributed by atoms with Crippen LogP contribution >= 0.6 is 24.0 Å². The summed E-state index contributed by atoms with van der Waals surface area (Å²) in [6.45, 7) is 3.09. The van der Waals surface area contributed by atoms with E-state index in [2.05, 4.69) is 57.0 Å². The molecule has 7 heteroatoms. The van der Waals surface area contributed by atoms with Crippen molar-refractivity contribution in [2.45, 2.75) is 19.3 Å². The SMILES string of the molecule is CN=C(NCCc1cccc2cccnc12)NCC1CC(=O)N(CCc2ccccc2)C1.I. The number of aromatic nitrogens is 1. The minimum absolute atomic E-state index is 0. The van der Waals surface area contributed by atoms with Crippen molar-refractivity contribution in [1.82, 2.24) is 20.5 Å². The zero-order valence-electron chi connectivity index (χ0n) is 19.0. The standard InChI is InChI=1S/C26H31N5O.HI/c1-27-26(29-15-12-23-10-5-9-22-11-6-14-28-25(22)23)30-18-21-17-24(32)31(19-21)16-13-20-7-3-2-4-8-20;/h2-11,14,21H,12-13,15-19H2,1H3,(H2,27,29,30);1H. The summed E-state index contributed by atoms with van der Waals surface area (Å²) >= 11 is 0. The molecule has 6 nitrogen and oxygen atoms in total. The van der Waals surface area contributed by atoms with Gasteiger partial charge in [0.05, 0.1) is 5.52 Å². The highest BCUT2D eigenvalue weighted by Crippen LogP contribution is 2.18. The molecule has 2 heterocycles. The first kappa shape index (κ1) is 25.0. The van der Waals surface area contributed by atoms with Crippen molar-refractivity contribution in [3.05, 3.63) is 78.0 Å². The molecule has 1 aliphatic heterocycles. The molecule has 0 spiro atoms. The maximum absolute atomic E-state index is 12.4. The van der Waals surface area contributed by atoms with Gasteiger partial charge < -0.3 is 15.5 Å². The van der Waals surface area contributed by atoms with Gasteiger partial charge in [-0.3, -0.25) is 14.8 Å². The van der Waals surface area contributed by atoms with E-state index in [1.54, 1.807) is 7.05 Å². The number of hydrogen-bond acceptors (Lipinski definition) is 3. The van der Waals surface area contributed by atoms with Gasteiger partial charge in [-0.05, 0) is 30.0 Å². The van der Waals surface area contributed by atoms with E-state index in [0.717, 1.165) is 55.9 Å². The molecule has 174 valence electrons. The van der Waals surface area contributed by atoms with Gasteiger partial charge in [-0.1, -0.05) is 54.6 Å². The largest absolute Gasteiger partial charge is 0.356 e. The van der Waals surface area contributed by atoms with Gasteiger partial charge in [0.2, 0.25) is 5.91 Å². The van der Waals surface area contributed by atoms with E-state index in [4.69, 9.17) is 0 Å². The second kappa shape index (κ2) is 12.5. The van der Waals surface area contributed by atoms with Crippen LogP contribution in [-0.4, -0.2) is 55.0 Å². The summed E-state index contributed by atoms with van der Waals surface area (Å²) in [6.07, 6.45) is 4.20. The Morgan fingerprint density at radius 2 is 1.88 bits per heavy atom. The first-order chi connectivity index (χ1) is 15.7. The number of para-hydroxylation sites is 1. The van der Waals surface area contributed by atoms with Crippen molar-refractivity contribution in [3.8, 4) is 0 Å². The average molecular weight is 557 g/mol. The van der Waals surface area contributed by atoms with Crippen LogP contribution in [0.25, 0.3) is 10.9 Å². The second-order valence-electron chi connectivity index (χ2n) is 8.27. The molecular weight excluding hydrogens is 525 g/mol. The molecule has 1 amide bonds. The molecule has 1 atom stereocenters. The number of carbonyl (C=O) groups is 1. The van der Waals surface area contributed by atoms with Crippen molar-refractivity contribution in [3.63, 3.8) is 0 Å². The Kier molecular flexibility index (Phi) is 9.47. The normalized spacial score (nSPS) is 16.0.